The number of nitrogens with two attached hydrogens (primary N) is 1. The minimum absolute atomic E-state index is 0.127. The smallest absolute Gasteiger partial charge is 0.257 e. The van der Waals surface area contributed by atoms with Crippen molar-refractivity contribution in [3.8, 4) is 0 Å². The summed E-state index contributed by atoms with van der Waals surface area (Å²) in [7, 11) is 0. The zero-order chi connectivity index (χ0) is 15.4. The molecule has 0 spiro atoms. The molecule has 5 heteroatoms. The Morgan fingerprint density at radius 3 is 2.24 bits per heavy atom. The molecular weight excluding hydrogens is 282 g/mol. The molecule has 4 N–H and O–H groups in total. The summed E-state index contributed by atoms with van der Waals surface area (Å²) in [4.78, 5) is 12.5. The molecule has 0 heterocycles. The predicted molar refractivity (Wildman–Crippen MR) is 90.7 cm³/mol. The number of nitrogens with one attached hydrogen (secondary N) is 2. The molecule has 108 valence electrons. The van der Waals surface area contributed by atoms with Crippen LogP contribution in [0.3, 0.4) is 0 Å². The van der Waals surface area contributed by atoms with Gasteiger partial charge in [-0.1, -0.05) is 30.3 Å². The fraction of sp³-hybridized carbons (Fsp3) is 0.125. The molecular formula is C16H17N3OS. The first kappa shape index (κ1) is 15.0. The van der Waals surface area contributed by atoms with Crippen molar-refractivity contribution < 1.29 is 4.79 Å². The molecule has 0 saturated carbocycles. The summed E-state index contributed by atoms with van der Waals surface area (Å²) in [6, 6.07) is 13.0. The molecule has 0 aliphatic carbocycles. The van der Waals surface area contributed by atoms with E-state index < -0.39 is 0 Å². The molecule has 2 aromatic carbocycles. The van der Waals surface area contributed by atoms with E-state index in [2.05, 4.69) is 10.6 Å². The number of carbonyl (C=O) groups is 1. The van der Waals surface area contributed by atoms with E-state index in [0.717, 1.165) is 16.8 Å². The molecule has 0 radical (unpaired) electrons. The lowest BCUT2D eigenvalue weighted by Gasteiger charge is -2.14. The third-order valence-corrected chi connectivity index (χ3v) is 3.25. The van der Waals surface area contributed by atoms with Gasteiger partial charge in [0.15, 0.2) is 5.11 Å². The van der Waals surface area contributed by atoms with Crippen molar-refractivity contribution >= 4 is 34.6 Å². The van der Waals surface area contributed by atoms with E-state index in [1.165, 1.54) is 0 Å². The highest BCUT2D eigenvalue weighted by atomic mass is 32.1. The van der Waals surface area contributed by atoms with Crippen LogP contribution in [0.4, 0.5) is 11.4 Å². The number of carbonyl (C=O) groups excluding carboxylic acids is 1. The lowest BCUT2D eigenvalue weighted by Crippen LogP contribution is -2.22. The van der Waals surface area contributed by atoms with Gasteiger partial charge in [0.05, 0.1) is 11.3 Å². The largest absolute Gasteiger partial charge is 0.376 e. The van der Waals surface area contributed by atoms with Gasteiger partial charge in [0.2, 0.25) is 0 Å². The maximum atomic E-state index is 12.5. The third kappa shape index (κ3) is 3.58. The number of amides is 1. The van der Waals surface area contributed by atoms with Crippen LogP contribution >= 0.6 is 12.2 Å². The van der Waals surface area contributed by atoms with Crippen LogP contribution in [0.25, 0.3) is 0 Å². The van der Waals surface area contributed by atoms with Crippen LogP contribution in [0.15, 0.2) is 42.5 Å². The molecule has 0 atom stereocenters. The number of hydrogen-bond acceptors (Lipinski definition) is 2. The fourth-order valence-electron chi connectivity index (χ4n) is 2.12. The minimum atomic E-state index is -0.202. The van der Waals surface area contributed by atoms with Gasteiger partial charge in [-0.05, 0) is 49.3 Å². The first-order valence-electron chi connectivity index (χ1n) is 6.52. The standard InChI is InChI=1S/C16H17N3OS/c1-10-6-5-7-11(2)14(10)19-15(20)12-8-3-4-9-13(12)18-16(17)21/h3-9H,1-2H3,(H,19,20)(H3,17,18,21). The summed E-state index contributed by atoms with van der Waals surface area (Å²) in [5.74, 6) is -0.202. The number of anilines is 2. The van der Waals surface area contributed by atoms with Gasteiger partial charge in [-0.2, -0.15) is 0 Å². The molecule has 0 saturated heterocycles. The second kappa shape index (κ2) is 6.37. The van der Waals surface area contributed by atoms with E-state index in [4.69, 9.17) is 18.0 Å². The van der Waals surface area contributed by atoms with Gasteiger partial charge in [-0.25, -0.2) is 0 Å². The Kier molecular flexibility index (Phi) is 4.55. The molecule has 1 amide bonds. The first-order valence-corrected chi connectivity index (χ1v) is 6.93. The van der Waals surface area contributed by atoms with Crippen LogP contribution in [0.2, 0.25) is 0 Å². The van der Waals surface area contributed by atoms with Crippen molar-refractivity contribution in [1.29, 1.82) is 0 Å². The van der Waals surface area contributed by atoms with Gasteiger partial charge in [0.25, 0.3) is 5.91 Å². The number of aryl methyl sites for hydroxylation is 2. The average Bonchev–Trinajstić information content (AvgIpc) is 2.43. The molecule has 0 fully saturated rings. The van der Waals surface area contributed by atoms with Crippen molar-refractivity contribution in [2.75, 3.05) is 10.6 Å². The summed E-state index contributed by atoms with van der Waals surface area (Å²) in [5.41, 5.74) is 9.43. The van der Waals surface area contributed by atoms with E-state index in [0.29, 0.717) is 11.3 Å². The SMILES string of the molecule is Cc1cccc(C)c1NC(=O)c1ccccc1NC(N)=S. The Balaban J connectivity index is 2.31. The number of rotatable bonds is 3. The van der Waals surface area contributed by atoms with Crippen molar-refractivity contribution in [3.63, 3.8) is 0 Å². The number of benzene rings is 2. The van der Waals surface area contributed by atoms with Gasteiger partial charge < -0.3 is 16.4 Å². The van der Waals surface area contributed by atoms with Crippen LogP contribution in [0.1, 0.15) is 21.5 Å². The van der Waals surface area contributed by atoms with Crippen LogP contribution < -0.4 is 16.4 Å². The van der Waals surface area contributed by atoms with Crippen molar-refractivity contribution in [2.45, 2.75) is 13.8 Å². The van der Waals surface area contributed by atoms with Crippen LogP contribution in [-0.4, -0.2) is 11.0 Å². The predicted octanol–water partition coefficient (Wildman–Crippen LogP) is 3.21. The fourth-order valence-corrected chi connectivity index (χ4v) is 2.23. The molecule has 4 nitrogen and oxygen atoms in total. The van der Waals surface area contributed by atoms with Crippen LogP contribution in [0.5, 0.6) is 0 Å². The monoisotopic (exact) mass is 299 g/mol. The van der Waals surface area contributed by atoms with Gasteiger partial charge >= 0.3 is 0 Å². The highest BCUT2D eigenvalue weighted by molar-refractivity contribution is 7.80. The van der Waals surface area contributed by atoms with Gasteiger partial charge in [-0.3, -0.25) is 4.79 Å². The van der Waals surface area contributed by atoms with Gasteiger partial charge in [0, 0.05) is 5.69 Å². The summed E-state index contributed by atoms with van der Waals surface area (Å²) in [6.07, 6.45) is 0. The molecule has 21 heavy (non-hydrogen) atoms. The molecule has 0 aliphatic rings. The van der Waals surface area contributed by atoms with E-state index in [1.807, 2.05) is 38.1 Å². The Morgan fingerprint density at radius 2 is 1.62 bits per heavy atom. The van der Waals surface area contributed by atoms with Crippen molar-refractivity contribution in [1.82, 2.24) is 0 Å². The van der Waals surface area contributed by atoms with E-state index >= 15 is 0 Å². The topological polar surface area (TPSA) is 67.2 Å². The average molecular weight is 299 g/mol. The first-order chi connectivity index (χ1) is 9.99. The molecule has 0 aromatic heterocycles. The summed E-state index contributed by atoms with van der Waals surface area (Å²) in [6.45, 7) is 3.92. The number of thiocarbonyl (C=S) groups is 1. The van der Waals surface area contributed by atoms with E-state index in [-0.39, 0.29) is 11.0 Å². The lowest BCUT2D eigenvalue weighted by atomic mass is 10.1. The highest BCUT2D eigenvalue weighted by Crippen LogP contribution is 2.22. The molecule has 0 unspecified atom stereocenters. The van der Waals surface area contributed by atoms with Crippen LogP contribution in [0, 0.1) is 13.8 Å². The second-order valence-corrected chi connectivity index (χ2v) is 5.20. The number of para-hydroxylation sites is 2. The second-order valence-electron chi connectivity index (χ2n) is 4.76. The Labute approximate surface area is 129 Å². The Morgan fingerprint density at radius 1 is 1.00 bits per heavy atom. The van der Waals surface area contributed by atoms with Gasteiger partial charge in [-0.15, -0.1) is 0 Å². The third-order valence-electron chi connectivity index (χ3n) is 3.15. The highest BCUT2D eigenvalue weighted by Gasteiger charge is 2.13. The molecule has 2 aromatic rings. The Bertz CT molecular complexity index is 677. The normalized spacial score (nSPS) is 10.0. The summed E-state index contributed by atoms with van der Waals surface area (Å²) in [5, 5.41) is 5.89. The summed E-state index contributed by atoms with van der Waals surface area (Å²) < 4.78 is 0. The maximum Gasteiger partial charge on any atom is 0.257 e. The Hall–Kier alpha value is -2.40. The van der Waals surface area contributed by atoms with Crippen LogP contribution in [-0.2, 0) is 0 Å². The minimum Gasteiger partial charge on any atom is -0.376 e. The summed E-state index contributed by atoms with van der Waals surface area (Å²) >= 11 is 4.83. The zero-order valence-electron chi connectivity index (χ0n) is 11.9. The van der Waals surface area contributed by atoms with E-state index in [9.17, 15) is 4.79 Å². The molecule has 2 rings (SSSR count). The maximum absolute atomic E-state index is 12.5. The molecule has 0 aliphatic heterocycles. The van der Waals surface area contributed by atoms with Crippen molar-refractivity contribution in [3.05, 3.63) is 59.2 Å². The zero-order valence-corrected chi connectivity index (χ0v) is 12.8. The quantitative estimate of drug-likeness (QED) is 0.761. The molecule has 0 bridgehead atoms. The van der Waals surface area contributed by atoms with Crippen molar-refractivity contribution in [2.24, 2.45) is 5.73 Å². The van der Waals surface area contributed by atoms with Gasteiger partial charge in [0.1, 0.15) is 0 Å². The van der Waals surface area contributed by atoms with E-state index in [1.54, 1.807) is 18.2 Å². The number of hydrogen-bond donors (Lipinski definition) is 3. The lowest BCUT2D eigenvalue weighted by molar-refractivity contribution is 0.102.